The van der Waals surface area contributed by atoms with Crippen molar-refractivity contribution in [3.8, 4) is 0 Å². The summed E-state index contributed by atoms with van der Waals surface area (Å²) in [7, 11) is 1.64. The molecule has 1 atom stereocenters. The zero-order valence-corrected chi connectivity index (χ0v) is 6.50. The summed E-state index contributed by atoms with van der Waals surface area (Å²) in [6.45, 7) is 0.618. The molecule has 0 N–H and O–H groups in total. The average Bonchev–Trinajstić information content (AvgIpc) is 1.68. The number of hydrogen-bond donors (Lipinski definition) is 0. The van der Waals surface area contributed by atoms with Crippen molar-refractivity contribution in [3.63, 3.8) is 0 Å². The van der Waals surface area contributed by atoms with Crippen molar-refractivity contribution in [3.05, 3.63) is 0 Å². The standard InChI is InChI=1S/C4H8BrClO/c1-7-3-4(6)2-5/h4H,2-3H2,1H3/t4-/m0/s1. The van der Waals surface area contributed by atoms with Gasteiger partial charge in [-0.05, 0) is 0 Å². The fraction of sp³-hybridized carbons (Fsp3) is 1.00. The molecule has 0 rings (SSSR count). The lowest BCUT2D eigenvalue weighted by Crippen LogP contribution is -2.07. The fourth-order valence-corrected chi connectivity index (χ4v) is 0.538. The van der Waals surface area contributed by atoms with Crippen LogP contribution in [-0.4, -0.2) is 24.4 Å². The minimum atomic E-state index is 0.116. The first-order chi connectivity index (χ1) is 3.31. The summed E-state index contributed by atoms with van der Waals surface area (Å²) >= 11 is 8.80. The van der Waals surface area contributed by atoms with Crippen LogP contribution in [0.1, 0.15) is 0 Å². The molecule has 3 heteroatoms. The van der Waals surface area contributed by atoms with Crippen molar-refractivity contribution in [2.75, 3.05) is 19.0 Å². The maximum Gasteiger partial charge on any atom is 0.0666 e. The first-order valence-electron chi connectivity index (χ1n) is 2.00. The molecule has 0 aromatic carbocycles. The second kappa shape index (κ2) is 4.88. The second-order valence-electron chi connectivity index (χ2n) is 1.21. The van der Waals surface area contributed by atoms with Crippen molar-refractivity contribution in [1.82, 2.24) is 0 Å². The molecule has 0 amide bonds. The Morgan fingerprint density at radius 2 is 2.43 bits per heavy atom. The van der Waals surface area contributed by atoms with Gasteiger partial charge in [0.2, 0.25) is 0 Å². The van der Waals surface area contributed by atoms with Gasteiger partial charge in [-0.3, -0.25) is 0 Å². The highest BCUT2D eigenvalue weighted by Crippen LogP contribution is 1.98. The van der Waals surface area contributed by atoms with E-state index in [9.17, 15) is 0 Å². The van der Waals surface area contributed by atoms with Gasteiger partial charge < -0.3 is 4.74 Å². The largest absolute Gasteiger partial charge is 0.383 e. The van der Waals surface area contributed by atoms with E-state index in [4.69, 9.17) is 16.3 Å². The number of rotatable bonds is 3. The molecule has 0 saturated heterocycles. The van der Waals surface area contributed by atoms with Gasteiger partial charge in [-0.25, -0.2) is 0 Å². The normalized spacial score (nSPS) is 14.1. The van der Waals surface area contributed by atoms with E-state index in [0.717, 1.165) is 5.33 Å². The summed E-state index contributed by atoms with van der Waals surface area (Å²) in [6.07, 6.45) is 0. The fourth-order valence-electron chi connectivity index (χ4n) is 0.225. The Morgan fingerprint density at radius 1 is 1.86 bits per heavy atom. The Balaban J connectivity index is 2.83. The van der Waals surface area contributed by atoms with Gasteiger partial charge in [0, 0.05) is 12.4 Å². The van der Waals surface area contributed by atoms with E-state index >= 15 is 0 Å². The van der Waals surface area contributed by atoms with Crippen LogP contribution >= 0.6 is 27.5 Å². The van der Waals surface area contributed by atoms with Crippen LogP contribution < -0.4 is 0 Å². The van der Waals surface area contributed by atoms with E-state index in [-0.39, 0.29) is 5.38 Å². The van der Waals surface area contributed by atoms with Crippen LogP contribution in [0.4, 0.5) is 0 Å². The molecular formula is C4H8BrClO. The zero-order chi connectivity index (χ0) is 5.70. The summed E-state index contributed by atoms with van der Waals surface area (Å²) in [5.74, 6) is 0. The molecule has 0 aromatic rings. The van der Waals surface area contributed by atoms with Crippen LogP contribution in [0.3, 0.4) is 0 Å². The van der Waals surface area contributed by atoms with Crippen LogP contribution in [0.15, 0.2) is 0 Å². The zero-order valence-electron chi connectivity index (χ0n) is 4.16. The second-order valence-corrected chi connectivity index (χ2v) is 2.47. The molecule has 0 aliphatic heterocycles. The van der Waals surface area contributed by atoms with Gasteiger partial charge in [0.15, 0.2) is 0 Å². The quantitative estimate of drug-likeness (QED) is 0.611. The molecule has 0 saturated carbocycles. The molecule has 0 aliphatic rings. The molecule has 1 nitrogen and oxygen atoms in total. The van der Waals surface area contributed by atoms with Crippen molar-refractivity contribution in [1.29, 1.82) is 0 Å². The molecule has 0 heterocycles. The molecule has 0 radical (unpaired) electrons. The molecule has 0 spiro atoms. The van der Waals surface area contributed by atoms with E-state index in [0.29, 0.717) is 6.61 Å². The van der Waals surface area contributed by atoms with Crippen LogP contribution in [0.25, 0.3) is 0 Å². The van der Waals surface area contributed by atoms with E-state index in [1.807, 2.05) is 0 Å². The third kappa shape index (κ3) is 4.59. The Kier molecular flexibility index (Phi) is 5.39. The summed E-state index contributed by atoms with van der Waals surface area (Å²) < 4.78 is 4.73. The summed E-state index contributed by atoms with van der Waals surface area (Å²) in [4.78, 5) is 0. The van der Waals surface area contributed by atoms with Crippen molar-refractivity contribution < 1.29 is 4.74 Å². The lowest BCUT2D eigenvalue weighted by molar-refractivity contribution is 0.202. The molecule has 0 aliphatic carbocycles. The summed E-state index contributed by atoms with van der Waals surface area (Å²) in [5.41, 5.74) is 0. The lowest BCUT2D eigenvalue weighted by Gasteiger charge is -1.99. The van der Waals surface area contributed by atoms with Gasteiger partial charge in [-0.1, -0.05) is 15.9 Å². The molecule has 0 unspecified atom stereocenters. The predicted octanol–water partition coefficient (Wildman–Crippen LogP) is 1.64. The molecule has 44 valence electrons. The first kappa shape index (κ1) is 7.73. The third-order valence-corrected chi connectivity index (χ3v) is 1.95. The van der Waals surface area contributed by atoms with Crippen LogP contribution in [0.5, 0.6) is 0 Å². The molecule has 7 heavy (non-hydrogen) atoms. The highest BCUT2D eigenvalue weighted by molar-refractivity contribution is 9.09. The number of ether oxygens (including phenoxy) is 1. The van der Waals surface area contributed by atoms with Crippen molar-refractivity contribution >= 4 is 27.5 Å². The Labute approximate surface area is 57.1 Å². The van der Waals surface area contributed by atoms with Gasteiger partial charge in [0.1, 0.15) is 0 Å². The van der Waals surface area contributed by atoms with Gasteiger partial charge in [0.25, 0.3) is 0 Å². The van der Waals surface area contributed by atoms with E-state index in [1.165, 1.54) is 0 Å². The topological polar surface area (TPSA) is 9.23 Å². The third-order valence-electron chi connectivity index (χ3n) is 0.515. The molecule has 0 aromatic heterocycles. The van der Waals surface area contributed by atoms with Crippen molar-refractivity contribution in [2.45, 2.75) is 5.38 Å². The number of alkyl halides is 2. The monoisotopic (exact) mass is 186 g/mol. The lowest BCUT2D eigenvalue weighted by atomic mass is 10.5. The van der Waals surface area contributed by atoms with Crippen LogP contribution in [0, 0.1) is 0 Å². The SMILES string of the molecule is COC[C@@H](Cl)CBr. The maximum absolute atomic E-state index is 5.59. The Morgan fingerprint density at radius 3 is 2.57 bits per heavy atom. The van der Waals surface area contributed by atoms with Crippen LogP contribution in [-0.2, 0) is 4.74 Å². The molecule has 0 bridgehead atoms. The van der Waals surface area contributed by atoms with Gasteiger partial charge in [-0.2, -0.15) is 0 Å². The Bertz CT molecular complexity index is 42.7. The summed E-state index contributed by atoms with van der Waals surface area (Å²) in [6, 6.07) is 0. The van der Waals surface area contributed by atoms with E-state index in [2.05, 4.69) is 15.9 Å². The highest BCUT2D eigenvalue weighted by atomic mass is 79.9. The predicted molar refractivity (Wildman–Crippen MR) is 35.3 cm³/mol. The first-order valence-corrected chi connectivity index (χ1v) is 3.56. The maximum atomic E-state index is 5.59. The highest BCUT2D eigenvalue weighted by Gasteiger charge is 1.97. The van der Waals surface area contributed by atoms with E-state index < -0.39 is 0 Å². The van der Waals surface area contributed by atoms with E-state index in [1.54, 1.807) is 7.11 Å². The molecular weight excluding hydrogens is 179 g/mol. The van der Waals surface area contributed by atoms with Gasteiger partial charge in [-0.15, -0.1) is 11.6 Å². The minimum absolute atomic E-state index is 0.116. The minimum Gasteiger partial charge on any atom is -0.383 e. The number of methoxy groups -OCH3 is 1. The average molecular weight is 187 g/mol. The molecule has 0 fully saturated rings. The summed E-state index contributed by atoms with van der Waals surface area (Å²) in [5, 5.41) is 0.910. The van der Waals surface area contributed by atoms with Gasteiger partial charge in [0.05, 0.1) is 12.0 Å². The smallest absolute Gasteiger partial charge is 0.0666 e. The van der Waals surface area contributed by atoms with Crippen LogP contribution in [0.2, 0.25) is 0 Å². The number of halogens is 2. The van der Waals surface area contributed by atoms with Gasteiger partial charge >= 0.3 is 0 Å². The Hall–Kier alpha value is 0.730. The number of hydrogen-bond acceptors (Lipinski definition) is 1. The van der Waals surface area contributed by atoms with Crippen molar-refractivity contribution in [2.24, 2.45) is 0 Å².